The van der Waals surface area contributed by atoms with Gasteiger partial charge in [0.05, 0.1) is 14.2 Å². The van der Waals surface area contributed by atoms with Gasteiger partial charge in [0, 0.05) is 5.56 Å². The number of ether oxygens (including phenoxy) is 4. The zero-order valence-corrected chi connectivity index (χ0v) is 16.8. The molecule has 3 rings (SSSR count). The minimum Gasteiger partial charge on any atom is -0.493 e. The Hall–Kier alpha value is -3.81. The zero-order valence-electron chi connectivity index (χ0n) is 16.8. The standard InChI is InChI=1S/C23H20F2O6/c1-27-19-5-3-4-6-20(19)29-14-17-9-8-16(30-17)10-11-18(26)15-7-12-21(31-23(24)25)22(13-15)28-2/h3-13,23H,14H2,1-2H3/b11-10+. The SMILES string of the molecule is COc1ccccc1OCc1ccc(/C=C/C(=O)c2ccc(OC(F)F)c(OC)c2)o1. The van der Waals surface area contributed by atoms with Gasteiger partial charge >= 0.3 is 6.61 Å². The summed E-state index contributed by atoms with van der Waals surface area (Å²) in [6.45, 7) is -2.80. The van der Waals surface area contributed by atoms with Crippen molar-refractivity contribution in [3.8, 4) is 23.0 Å². The van der Waals surface area contributed by atoms with Crippen LogP contribution in [0.1, 0.15) is 21.9 Å². The summed E-state index contributed by atoms with van der Waals surface area (Å²) >= 11 is 0. The maximum absolute atomic E-state index is 12.4. The van der Waals surface area contributed by atoms with Gasteiger partial charge in [-0.1, -0.05) is 12.1 Å². The highest BCUT2D eigenvalue weighted by molar-refractivity contribution is 6.07. The summed E-state index contributed by atoms with van der Waals surface area (Å²) in [5.74, 6) is 1.74. The van der Waals surface area contributed by atoms with E-state index in [0.717, 1.165) is 0 Å². The van der Waals surface area contributed by atoms with E-state index < -0.39 is 6.61 Å². The van der Waals surface area contributed by atoms with Crippen LogP contribution in [0.15, 0.2) is 65.1 Å². The van der Waals surface area contributed by atoms with E-state index in [-0.39, 0.29) is 29.5 Å². The summed E-state index contributed by atoms with van der Waals surface area (Å²) in [5, 5.41) is 0. The number of methoxy groups -OCH3 is 2. The van der Waals surface area contributed by atoms with Crippen LogP contribution in [0.4, 0.5) is 8.78 Å². The van der Waals surface area contributed by atoms with Gasteiger partial charge in [0.15, 0.2) is 28.8 Å². The average molecular weight is 430 g/mol. The molecule has 0 unspecified atom stereocenters. The van der Waals surface area contributed by atoms with Gasteiger partial charge in [-0.2, -0.15) is 8.78 Å². The molecule has 6 nitrogen and oxygen atoms in total. The van der Waals surface area contributed by atoms with Gasteiger partial charge in [0.2, 0.25) is 0 Å². The van der Waals surface area contributed by atoms with Crippen molar-refractivity contribution in [1.82, 2.24) is 0 Å². The number of ketones is 1. The maximum atomic E-state index is 12.4. The minimum atomic E-state index is -2.99. The fourth-order valence-electron chi connectivity index (χ4n) is 2.72. The largest absolute Gasteiger partial charge is 0.493 e. The summed E-state index contributed by atoms with van der Waals surface area (Å²) in [7, 11) is 2.86. The number of carbonyl (C=O) groups excluding carboxylic acids is 1. The van der Waals surface area contributed by atoms with Crippen LogP contribution in [0.3, 0.4) is 0 Å². The molecule has 1 aromatic heterocycles. The Bertz CT molecular complexity index is 1060. The maximum Gasteiger partial charge on any atom is 0.387 e. The highest BCUT2D eigenvalue weighted by atomic mass is 19.3. The van der Waals surface area contributed by atoms with Crippen molar-refractivity contribution in [1.29, 1.82) is 0 Å². The number of halogens is 2. The molecule has 162 valence electrons. The molecule has 8 heteroatoms. The first-order valence-electron chi connectivity index (χ1n) is 9.20. The summed E-state index contributed by atoms with van der Waals surface area (Å²) < 4.78 is 50.8. The van der Waals surface area contributed by atoms with E-state index in [9.17, 15) is 13.6 Å². The third kappa shape index (κ3) is 5.85. The van der Waals surface area contributed by atoms with Crippen molar-refractivity contribution in [3.63, 3.8) is 0 Å². The lowest BCUT2D eigenvalue weighted by Gasteiger charge is -2.10. The molecule has 1 heterocycles. The molecule has 31 heavy (non-hydrogen) atoms. The number of allylic oxidation sites excluding steroid dienone is 1. The number of para-hydroxylation sites is 2. The highest BCUT2D eigenvalue weighted by Crippen LogP contribution is 2.30. The van der Waals surface area contributed by atoms with Gasteiger partial charge < -0.3 is 23.4 Å². The van der Waals surface area contributed by atoms with Gasteiger partial charge in [-0.15, -0.1) is 0 Å². The molecule has 0 saturated heterocycles. The van der Waals surface area contributed by atoms with Crippen molar-refractivity contribution in [2.24, 2.45) is 0 Å². The molecule has 0 N–H and O–H groups in total. The first-order valence-corrected chi connectivity index (χ1v) is 9.20. The number of rotatable bonds is 10. The van der Waals surface area contributed by atoms with Gasteiger partial charge in [-0.25, -0.2) is 0 Å². The molecule has 0 aliphatic heterocycles. The number of hydrogen-bond donors (Lipinski definition) is 0. The lowest BCUT2D eigenvalue weighted by molar-refractivity contribution is -0.0512. The first kappa shape index (κ1) is 21.9. The summed E-state index contributed by atoms with van der Waals surface area (Å²) in [6.07, 6.45) is 2.82. The van der Waals surface area contributed by atoms with Crippen LogP contribution in [-0.2, 0) is 6.61 Å². The fourth-order valence-corrected chi connectivity index (χ4v) is 2.72. The van der Waals surface area contributed by atoms with Gasteiger partial charge in [-0.3, -0.25) is 4.79 Å². The third-order valence-electron chi connectivity index (χ3n) is 4.18. The van der Waals surface area contributed by atoms with Gasteiger partial charge in [-0.05, 0) is 54.6 Å². The number of carbonyl (C=O) groups is 1. The lowest BCUT2D eigenvalue weighted by Crippen LogP contribution is -2.04. The predicted molar refractivity (Wildman–Crippen MR) is 109 cm³/mol. The molecular weight excluding hydrogens is 410 g/mol. The van der Waals surface area contributed by atoms with Crippen LogP contribution >= 0.6 is 0 Å². The van der Waals surface area contributed by atoms with Crippen LogP contribution in [0.25, 0.3) is 6.08 Å². The van der Waals surface area contributed by atoms with E-state index in [1.807, 2.05) is 12.1 Å². The quantitative estimate of drug-likeness (QED) is 0.318. The van der Waals surface area contributed by atoms with E-state index in [1.54, 1.807) is 31.4 Å². The van der Waals surface area contributed by atoms with Crippen LogP contribution < -0.4 is 18.9 Å². The van der Waals surface area contributed by atoms with Crippen LogP contribution in [0.2, 0.25) is 0 Å². The number of benzene rings is 2. The van der Waals surface area contributed by atoms with Crippen molar-refractivity contribution >= 4 is 11.9 Å². The second-order valence-electron chi connectivity index (χ2n) is 6.19. The predicted octanol–water partition coefficient (Wildman–Crippen LogP) is 5.37. The Morgan fingerprint density at radius 1 is 0.968 bits per heavy atom. The molecule has 3 aromatic rings. The van der Waals surface area contributed by atoms with Crippen molar-refractivity contribution in [2.75, 3.05) is 14.2 Å². The number of alkyl halides is 2. The van der Waals surface area contributed by atoms with Crippen molar-refractivity contribution in [3.05, 3.63) is 77.8 Å². The molecule has 0 aliphatic carbocycles. The highest BCUT2D eigenvalue weighted by Gasteiger charge is 2.13. The van der Waals surface area contributed by atoms with E-state index in [4.69, 9.17) is 18.6 Å². The van der Waals surface area contributed by atoms with E-state index in [2.05, 4.69) is 4.74 Å². The minimum absolute atomic E-state index is 0.0355. The topological polar surface area (TPSA) is 67.1 Å². The van der Waals surface area contributed by atoms with Crippen molar-refractivity contribution in [2.45, 2.75) is 13.2 Å². The Balaban J connectivity index is 1.63. The third-order valence-corrected chi connectivity index (χ3v) is 4.18. The zero-order chi connectivity index (χ0) is 22.2. The Kier molecular flexibility index (Phi) is 7.26. The lowest BCUT2D eigenvalue weighted by atomic mass is 10.1. The molecule has 0 amide bonds. The Morgan fingerprint density at radius 2 is 1.71 bits per heavy atom. The van der Waals surface area contributed by atoms with E-state index in [0.29, 0.717) is 23.0 Å². The Morgan fingerprint density at radius 3 is 2.42 bits per heavy atom. The molecule has 0 radical (unpaired) electrons. The Labute approximate surface area is 177 Å². The summed E-state index contributed by atoms with van der Waals surface area (Å²) in [4.78, 5) is 12.4. The molecule has 0 fully saturated rings. The number of furan rings is 1. The summed E-state index contributed by atoms with van der Waals surface area (Å²) in [5.41, 5.74) is 0.251. The molecule has 0 saturated carbocycles. The fraction of sp³-hybridized carbons (Fsp3) is 0.174. The van der Waals surface area contributed by atoms with Crippen LogP contribution in [0.5, 0.6) is 23.0 Å². The molecule has 0 spiro atoms. The second kappa shape index (κ2) is 10.3. The van der Waals surface area contributed by atoms with Crippen molar-refractivity contribution < 1.29 is 36.9 Å². The molecule has 0 aliphatic rings. The molecule has 2 aromatic carbocycles. The average Bonchev–Trinajstić information content (AvgIpc) is 3.24. The van der Waals surface area contributed by atoms with E-state index in [1.165, 1.54) is 37.5 Å². The summed E-state index contributed by atoms with van der Waals surface area (Å²) in [6, 6.07) is 14.6. The van der Waals surface area contributed by atoms with Gasteiger partial charge in [0.25, 0.3) is 0 Å². The first-order chi connectivity index (χ1) is 15.0. The van der Waals surface area contributed by atoms with E-state index >= 15 is 0 Å². The smallest absolute Gasteiger partial charge is 0.387 e. The normalized spacial score (nSPS) is 11.0. The monoisotopic (exact) mass is 430 g/mol. The van der Waals surface area contributed by atoms with Crippen LogP contribution in [-0.4, -0.2) is 26.6 Å². The van der Waals surface area contributed by atoms with Gasteiger partial charge in [0.1, 0.15) is 18.1 Å². The second-order valence-corrected chi connectivity index (χ2v) is 6.19. The number of hydrogen-bond acceptors (Lipinski definition) is 6. The molecular formula is C23H20F2O6. The van der Waals surface area contributed by atoms with Crippen LogP contribution in [0, 0.1) is 0 Å². The molecule has 0 atom stereocenters. The molecule has 0 bridgehead atoms.